The molecule has 0 spiro atoms. The first-order valence-electron chi connectivity index (χ1n) is 16.2. The van der Waals surface area contributed by atoms with Crippen LogP contribution >= 0.6 is 0 Å². The van der Waals surface area contributed by atoms with Crippen molar-refractivity contribution in [2.75, 3.05) is 11.9 Å². The minimum atomic E-state index is 1.14. The van der Waals surface area contributed by atoms with Crippen molar-refractivity contribution in [3.8, 4) is 55.6 Å². The van der Waals surface area contributed by atoms with Crippen molar-refractivity contribution < 1.29 is 0 Å². The highest BCUT2D eigenvalue weighted by atomic mass is 15.1. The summed E-state index contributed by atoms with van der Waals surface area (Å²) in [5.74, 6) is 0. The number of anilines is 2. The molecule has 47 heavy (non-hydrogen) atoms. The first-order chi connectivity index (χ1) is 23.0. The van der Waals surface area contributed by atoms with Crippen LogP contribution < -0.4 is 4.90 Å². The molecule has 0 fully saturated rings. The molecule has 0 atom stereocenters. The smallest absolute Gasteiger partial charge is 0.0488 e. The molecule has 1 aromatic heterocycles. The molecule has 0 aliphatic heterocycles. The molecule has 2 heteroatoms. The number of hydrogen-bond acceptors (Lipinski definition) is 2. The molecule has 7 aromatic rings. The molecule has 0 N–H and O–H groups in total. The Hall–Kier alpha value is -5.73. The first-order valence-corrected chi connectivity index (χ1v) is 16.2. The summed E-state index contributed by atoms with van der Waals surface area (Å²) in [5, 5.41) is 0. The molecule has 0 radical (unpaired) electrons. The van der Waals surface area contributed by atoms with Crippen molar-refractivity contribution in [1.29, 1.82) is 0 Å². The van der Waals surface area contributed by atoms with Gasteiger partial charge in [0.05, 0.1) is 0 Å². The summed E-state index contributed by atoms with van der Waals surface area (Å²) in [7, 11) is 2.20. The summed E-state index contributed by atoms with van der Waals surface area (Å²) in [6.45, 7) is 6.48. The van der Waals surface area contributed by atoms with Gasteiger partial charge in [-0.1, -0.05) is 115 Å². The molecule has 0 amide bonds. The van der Waals surface area contributed by atoms with Crippen LogP contribution in [0, 0.1) is 20.8 Å². The number of aryl methyl sites for hydroxylation is 3. The third-order valence-electron chi connectivity index (χ3n) is 9.12. The molecular formula is C45H38N2. The molecular weight excluding hydrogens is 569 g/mol. The second-order valence-corrected chi connectivity index (χ2v) is 12.3. The lowest BCUT2D eigenvalue weighted by Crippen LogP contribution is -2.12. The average molecular weight is 607 g/mol. The first kappa shape index (κ1) is 30.0. The predicted molar refractivity (Wildman–Crippen MR) is 200 cm³/mol. The van der Waals surface area contributed by atoms with E-state index in [0.717, 1.165) is 22.5 Å². The van der Waals surface area contributed by atoms with Gasteiger partial charge < -0.3 is 4.90 Å². The SMILES string of the molecule is Cc1cncc(-c2ccc(-c3ccc(N(C)c4ccc(-c5ccccc5)cc4-c4ccccc4C)c(-c4ccccc4C)c3)cc2)c1. The van der Waals surface area contributed by atoms with Gasteiger partial charge in [-0.2, -0.15) is 0 Å². The predicted octanol–water partition coefficient (Wildman–Crippen LogP) is 12.1. The topological polar surface area (TPSA) is 16.1 Å². The summed E-state index contributed by atoms with van der Waals surface area (Å²) in [6.07, 6.45) is 3.83. The number of hydrogen-bond donors (Lipinski definition) is 0. The van der Waals surface area contributed by atoms with Gasteiger partial charge >= 0.3 is 0 Å². The zero-order valence-corrected chi connectivity index (χ0v) is 27.4. The summed E-state index contributed by atoms with van der Waals surface area (Å²) < 4.78 is 0. The lowest BCUT2D eigenvalue weighted by Gasteiger charge is -2.27. The van der Waals surface area contributed by atoms with Crippen molar-refractivity contribution in [1.82, 2.24) is 4.98 Å². The number of nitrogens with zero attached hydrogens (tertiary/aromatic N) is 2. The van der Waals surface area contributed by atoms with Crippen LogP contribution in [0.4, 0.5) is 11.4 Å². The van der Waals surface area contributed by atoms with Crippen molar-refractivity contribution in [3.63, 3.8) is 0 Å². The summed E-state index contributed by atoms with van der Waals surface area (Å²) in [6, 6.07) is 52.8. The maximum Gasteiger partial charge on any atom is 0.0488 e. The van der Waals surface area contributed by atoms with E-state index in [1.165, 1.54) is 61.2 Å². The van der Waals surface area contributed by atoms with Gasteiger partial charge in [-0.25, -0.2) is 0 Å². The van der Waals surface area contributed by atoms with E-state index in [-0.39, 0.29) is 0 Å². The van der Waals surface area contributed by atoms with E-state index < -0.39 is 0 Å². The van der Waals surface area contributed by atoms with E-state index in [1.54, 1.807) is 0 Å². The zero-order valence-electron chi connectivity index (χ0n) is 27.4. The van der Waals surface area contributed by atoms with Gasteiger partial charge in [0, 0.05) is 47.5 Å². The third-order valence-corrected chi connectivity index (χ3v) is 9.12. The lowest BCUT2D eigenvalue weighted by molar-refractivity contribution is 1.21. The van der Waals surface area contributed by atoms with Crippen molar-refractivity contribution >= 4 is 11.4 Å². The van der Waals surface area contributed by atoms with Crippen molar-refractivity contribution in [2.45, 2.75) is 20.8 Å². The average Bonchev–Trinajstić information content (AvgIpc) is 3.12. The third kappa shape index (κ3) is 6.11. The molecule has 0 aliphatic carbocycles. The summed E-state index contributed by atoms with van der Waals surface area (Å²) in [4.78, 5) is 6.75. The fraction of sp³-hybridized carbons (Fsp3) is 0.0889. The monoisotopic (exact) mass is 606 g/mol. The van der Waals surface area contributed by atoms with Gasteiger partial charge in [-0.05, 0) is 107 Å². The van der Waals surface area contributed by atoms with Crippen LogP contribution in [0.1, 0.15) is 16.7 Å². The fourth-order valence-corrected chi connectivity index (χ4v) is 6.53. The molecule has 7 rings (SSSR count). The van der Waals surface area contributed by atoms with Crippen molar-refractivity contribution in [3.05, 3.63) is 175 Å². The maximum absolute atomic E-state index is 4.39. The molecule has 2 nitrogen and oxygen atoms in total. The van der Waals surface area contributed by atoms with E-state index in [9.17, 15) is 0 Å². The van der Waals surface area contributed by atoms with Crippen LogP contribution in [0.15, 0.2) is 158 Å². The highest BCUT2D eigenvalue weighted by molar-refractivity contribution is 5.92. The van der Waals surface area contributed by atoms with Gasteiger partial charge in [0.2, 0.25) is 0 Å². The summed E-state index contributed by atoms with van der Waals surface area (Å²) >= 11 is 0. The Kier molecular flexibility index (Phi) is 8.25. The standard InChI is InChI=1S/C45H38N2/c1-31-26-39(30-46-29-31)36-20-18-35(19-21-36)38-23-25-45(43(28-38)41-17-11-9-13-33(41)3)47(4)44-24-22-37(34-14-6-5-7-15-34)27-42(44)40-16-10-8-12-32(40)2/h5-30H,1-4H3. The van der Waals surface area contributed by atoms with Crippen LogP contribution in [0.3, 0.4) is 0 Å². The van der Waals surface area contributed by atoms with Crippen LogP contribution in [0.25, 0.3) is 55.6 Å². The van der Waals surface area contributed by atoms with Gasteiger partial charge in [0.15, 0.2) is 0 Å². The van der Waals surface area contributed by atoms with Crippen LogP contribution in [-0.2, 0) is 0 Å². The van der Waals surface area contributed by atoms with Crippen LogP contribution in [-0.4, -0.2) is 12.0 Å². The Morgan fingerprint density at radius 2 is 0.830 bits per heavy atom. The molecule has 0 aliphatic rings. The molecule has 0 saturated carbocycles. The molecule has 0 bridgehead atoms. The molecule has 228 valence electrons. The van der Waals surface area contributed by atoms with E-state index in [4.69, 9.17) is 0 Å². The van der Waals surface area contributed by atoms with Crippen LogP contribution in [0.2, 0.25) is 0 Å². The zero-order chi connectivity index (χ0) is 32.3. The highest BCUT2D eigenvalue weighted by Crippen LogP contribution is 2.43. The minimum absolute atomic E-state index is 1.14. The second-order valence-electron chi connectivity index (χ2n) is 12.3. The molecule has 1 heterocycles. The van der Waals surface area contributed by atoms with Gasteiger partial charge in [-0.3, -0.25) is 4.98 Å². The molecule has 0 unspecified atom stereocenters. The largest absolute Gasteiger partial charge is 0.344 e. The molecule has 0 saturated heterocycles. The number of benzene rings is 6. The molecule has 6 aromatic carbocycles. The normalized spacial score (nSPS) is 11.0. The van der Waals surface area contributed by atoms with Crippen molar-refractivity contribution in [2.24, 2.45) is 0 Å². The van der Waals surface area contributed by atoms with Gasteiger partial charge in [-0.15, -0.1) is 0 Å². The lowest BCUT2D eigenvalue weighted by atomic mass is 9.92. The second kappa shape index (κ2) is 12.9. The number of rotatable bonds is 7. The Bertz CT molecular complexity index is 2180. The quantitative estimate of drug-likeness (QED) is 0.179. The Morgan fingerprint density at radius 3 is 1.34 bits per heavy atom. The van der Waals surface area contributed by atoms with E-state index >= 15 is 0 Å². The summed E-state index contributed by atoms with van der Waals surface area (Å²) in [5.41, 5.74) is 18.0. The van der Waals surface area contributed by atoms with E-state index in [1.807, 2.05) is 12.4 Å². The number of aromatic nitrogens is 1. The number of pyridine rings is 1. The highest BCUT2D eigenvalue weighted by Gasteiger charge is 2.19. The maximum atomic E-state index is 4.39. The minimum Gasteiger partial charge on any atom is -0.344 e. The fourth-order valence-electron chi connectivity index (χ4n) is 6.53. The Morgan fingerprint density at radius 1 is 0.383 bits per heavy atom. The van der Waals surface area contributed by atoms with Gasteiger partial charge in [0.25, 0.3) is 0 Å². The van der Waals surface area contributed by atoms with E-state index in [0.29, 0.717) is 0 Å². The van der Waals surface area contributed by atoms with E-state index in [2.05, 4.69) is 183 Å². The van der Waals surface area contributed by atoms with Crippen LogP contribution in [0.5, 0.6) is 0 Å². The Labute approximate surface area is 278 Å². The Balaban J connectivity index is 1.35. The van der Waals surface area contributed by atoms with Gasteiger partial charge in [0.1, 0.15) is 0 Å².